The molecule has 100 valence electrons. The van der Waals surface area contributed by atoms with E-state index in [9.17, 15) is 4.79 Å². The summed E-state index contributed by atoms with van der Waals surface area (Å²) in [4.78, 5) is 16.5. The van der Waals surface area contributed by atoms with Crippen LogP contribution in [0.25, 0.3) is 0 Å². The van der Waals surface area contributed by atoms with Gasteiger partial charge in [-0.3, -0.25) is 4.79 Å². The van der Waals surface area contributed by atoms with Crippen molar-refractivity contribution >= 4 is 17.2 Å². The Labute approximate surface area is 114 Å². The molecular weight excluding hydrogens is 242 g/mol. The van der Waals surface area contributed by atoms with Crippen LogP contribution in [0.4, 0.5) is 0 Å². The molecule has 2 nitrogen and oxygen atoms in total. The van der Waals surface area contributed by atoms with Gasteiger partial charge in [0.2, 0.25) is 0 Å². The SMILES string of the molecule is CCCCN(C)C(=O)c1cc2c(s1)CCC(C)C2. The predicted octanol–water partition coefficient (Wildman–Crippen LogP) is 3.75. The molecule has 0 saturated carbocycles. The lowest BCUT2D eigenvalue weighted by Gasteiger charge is -2.16. The van der Waals surface area contributed by atoms with Crippen molar-refractivity contribution in [1.82, 2.24) is 4.90 Å². The number of hydrogen-bond acceptors (Lipinski definition) is 2. The van der Waals surface area contributed by atoms with Crippen LogP contribution in [0.2, 0.25) is 0 Å². The summed E-state index contributed by atoms with van der Waals surface area (Å²) in [5, 5.41) is 0. The molecule has 0 fully saturated rings. The van der Waals surface area contributed by atoms with Crippen LogP contribution in [0.3, 0.4) is 0 Å². The summed E-state index contributed by atoms with van der Waals surface area (Å²) in [5.74, 6) is 0.975. The van der Waals surface area contributed by atoms with Gasteiger partial charge in [0.1, 0.15) is 0 Å². The zero-order valence-electron chi connectivity index (χ0n) is 11.7. The van der Waals surface area contributed by atoms with Crippen molar-refractivity contribution in [1.29, 1.82) is 0 Å². The van der Waals surface area contributed by atoms with Gasteiger partial charge in [0.05, 0.1) is 4.88 Å². The topological polar surface area (TPSA) is 20.3 Å². The predicted molar refractivity (Wildman–Crippen MR) is 77.4 cm³/mol. The first-order valence-electron chi connectivity index (χ1n) is 6.98. The van der Waals surface area contributed by atoms with Crippen molar-refractivity contribution in [2.45, 2.75) is 46.0 Å². The Hall–Kier alpha value is -0.830. The van der Waals surface area contributed by atoms with Crippen LogP contribution in [-0.4, -0.2) is 24.4 Å². The lowest BCUT2D eigenvalue weighted by atomic mass is 9.90. The van der Waals surface area contributed by atoms with Crippen LogP contribution in [0.5, 0.6) is 0 Å². The summed E-state index contributed by atoms with van der Waals surface area (Å²) >= 11 is 1.72. The third-order valence-electron chi connectivity index (χ3n) is 3.73. The second-order valence-corrected chi connectivity index (χ2v) is 6.62. The lowest BCUT2D eigenvalue weighted by Crippen LogP contribution is -2.26. The molecule has 0 bridgehead atoms. The first-order valence-corrected chi connectivity index (χ1v) is 7.80. The molecule has 1 aromatic heterocycles. The molecule has 1 aliphatic carbocycles. The van der Waals surface area contributed by atoms with E-state index in [1.54, 1.807) is 11.3 Å². The van der Waals surface area contributed by atoms with Gasteiger partial charge in [0.25, 0.3) is 5.91 Å². The first-order chi connectivity index (χ1) is 8.61. The molecule has 1 aliphatic rings. The van der Waals surface area contributed by atoms with E-state index in [-0.39, 0.29) is 5.91 Å². The number of thiophene rings is 1. The molecule has 1 amide bonds. The van der Waals surface area contributed by atoms with Crippen molar-refractivity contribution in [2.24, 2.45) is 5.92 Å². The number of fused-ring (bicyclic) bond motifs is 1. The highest BCUT2D eigenvalue weighted by Crippen LogP contribution is 2.32. The maximum Gasteiger partial charge on any atom is 0.263 e. The molecule has 3 heteroatoms. The Balaban J connectivity index is 2.07. The molecule has 1 unspecified atom stereocenters. The van der Waals surface area contributed by atoms with Gasteiger partial charge in [-0.2, -0.15) is 0 Å². The Morgan fingerprint density at radius 2 is 2.33 bits per heavy atom. The molecule has 0 radical (unpaired) electrons. The molecule has 1 atom stereocenters. The number of unbranched alkanes of at least 4 members (excludes halogenated alkanes) is 1. The summed E-state index contributed by atoms with van der Waals surface area (Å²) in [6, 6.07) is 2.14. The minimum Gasteiger partial charge on any atom is -0.341 e. The fraction of sp³-hybridized carbons (Fsp3) is 0.667. The summed E-state index contributed by atoms with van der Waals surface area (Å²) in [6.45, 7) is 5.33. The van der Waals surface area contributed by atoms with E-state index in [0.717, 1.165) is 43.0 Å². The van der Waals surface area contributed by atoms with Gasteiger partial charge < -0.3 is 4.90 Å². The molecule has 1 heterocycles. The van der Waals surface area contributed by atoms with E-state index >= 15 is 0 Å². The largest absolute Gasteiger partial charge is 0.341 e. The average Bonchev–Trinajstić information content (AvgIpc) is 2.77. The Morgan fingerprint density at radius 1 is 1.56 bits per heavy atom. The van der Waals surface area contributed by atoms with E-state index in [1.807, 2.05) is 11.9 Å². The number of nitrogens with zero attached hydrogens (tertiary/aromatic N) is 1. The smallest absolute Gasteiger partial charge is 0.263 e. The molecule has 0 aliphatic heterocycles. The van der Waals surface area contributed by atoms with Gasteiger partial charge in [0, 0.05) is 18.5 Å². The van der Waals surface area contributed by atoms with E-state index < -0.39 is 0 Å². The normalized spacial score (nSPS) is 18.5. The third-order valence-corrected chi connectivity index (χ3v) is 4.96. The van der Waals surface area contributed by atoms with Crippen LogP contribution in [0.15, 0.2) is 6.07 Å². The van der Waals surface area contributed by atoms with Crippen molar-refractivity contribution in [3.63, 3.8) is 0 Å². The molecule has 1 aromatic rings. The van der Waals surface area contributed by atoms with E-state index in [0.29, 0.717) is 0 Å². The number of rotatable bonds is 4. The molecule has 0 saturated heterocycles. The summed E-state index contributed by atoms with van der Waals surface area (Å²) < 4.78 is 0. The minimum absolute atomic E-state index is 0.204. The highest BCUT2D eigenvalue weighted by Gasteiger charge is 2.21. The van der Waals surface area contributed by atoms with Gasteiger partial charge in [-0.15, -0.1) is 11.3 Å². The highest BCUT2D eigenvalue weighted by molar-refractivity contribution is 7.14. The molecule has 0 aromatic carbocycles. The Bertz CT molecular complexity index is 424. The van der Waals surface area contributed by atoms with Crippen LogP contribution >= 0.6 is 11.3 Å². The minimum atomic E-state index is 0.204. The number of hydrogen-bond donors (Lipinski definition) is 0. The van der Waals surface area contributed by atoms with Gasteiger partial charge in [-0.25, -0.2) is 0 Å². The fourth-order valence-corrected chi connectivity index (χ4v) is 3.70. The summed E-state index contributed by atoms with van der Waals surface area (Å²) in [6.07, 6.45) is 5.80. The second-order valence-electron chi connectivity index (χ2n) is 5.49. The van der Waals surface area contributed by atoms with Crippen LogP contribution < -0.4 is 0 Å². The molecular formula is C15H23NOS. The summed E-state index contributed by atoms with van der Waals surface area (Å²) in [5.41, 5.74) is 1.42. The average molecular weight is 265 g/mol. The van der Waals surface area contributed by atoms with Crippen LogP contribution in [0, 0.1) is 5.92 Å². The lowest BCUT2D eigenvalue weighted by molar-refractivity contribution is 0.0798. The van der Waals surface area contributed by atoms with Crippen LogP contribution in [0.1, 0.15) is 53.2 Å². The van der Waals surface area contributed by atoms with E-state index in [4.69, 9.17) is 0 Å². The van der Waals surface area contributed by atoms with Crippen molar-refractivity contribution < 1.29 is 4.79 Å². The van der Waals surface area contributed by atoms with Crippen molar-refractivity contribution in [2.75, 3.05) is 13.6 Å². The maximum absolute atomic E-state index is 12.3. The molecule has 0 spiro atoms. The fourth-order valence-electron chi connectivity index (χ4n) is 2.50. The Kier molecular flexibility index (Phi) is 4.44. The zero-order valence-corrected chi connectivity index (χ0v) is 12.5. The summed E-state index contributed by atoms with van der Waals surface area (Å²) in [7, 11) is 1.92. The van der Waals surface area contributed by atoms with Crippen LogP contribution in [-0.2, 0) is 12.8 Å². The number of carbonyl (C=O) groups is 1. The third kappa shape index (κ3) is 2.94. The van der Waals surface area contributed by atoms with E-state index in [1.165, 1.54) is 16.9 Å². The molecule has 2 rings (SSSR count). The standard InChI is InChI=1S/C15H23NOS/c1-4-5-8-16(3)15(17)14-10-12-9-11(2)6-7-13(12)18-14/h10-11H,4-9H2,1-3H3. The highest BCUT2D eigenvalue weighted by atomic mass is 32.1. The van der Waals surface area contributed by atoms with Gasteiger partial charge in [0.15, 0.2) is 0 Å². The Morgan fingerprint density at radius 3 is 3.06 bits per heavy atom. The first kappa shape index (κ1) is 13.6. The quantitative estimate of drug-likeness (QED) is 0.812. The number of amides is 1. The second kappa shape index (κ2) is 5.87. The molecule has 0 N–H and O–H groups in total. The van der Waals surface area contributed by atoms with Crippen molar-refractivity contribution in [3.8, 4) is 0 Å². The van der Waals surface area contributed by atoms with Gasteiger partial charge in [-0.05, 0) is 43.2 Å². The van der Waals surface area contributed by atoms with Gasteiger partial charge >= 0.3 is 0 Å². The maximum atomic E-state index is 12.3. The van der Waals surface area contributed by atoms with Crippen molar-refractivity contribution in [3.05, 3.63) is 21.4 Å². The van der Waals surface area contributed by atoms with Gasteiger partial charge in [-0.1, -0.05) is 20.3 Å². The zero-order chi connectivity index (χ0) is 13.1. The van der Waals surface area contributed by atoms with E-state index in [2.05, 4.69) is 19.9 Å². The molecule has 18 heavy (non-hydrogen) atoms. The number of carbonyl (C=O) groups excluding carboxylic acids is 1. The monoisotopic (exact) mass is 265 g/mol. The number of aryl methyl sites for hydroxylation is 1.